The first-order valence-corrected chi connectivity index (χ1v) is 8.06. The maximum atomic E-state index is 6.10. The van der Waals surface area contributed by atoms with Gasteiger partial charge in [-0.3, -0.25) is 0 Å². The molecule has 4 heteroatoms. The molecule has 0 aromatic carbocycles. The van der Waals surface area contributed by atoms with Gasteiger partial charge < -0.3 is 15.0 Å². The molecular formula is C16H27N3O. The van der Waals surface area contributed by atoms with E-state index in [-0.39, 0.29) is 6.17 Å². The molecule has 0 aliphatic carbocycles. The number of hydrogen-bond acceptors (Lipinski definition) is 4. The third kappa shape index (κ3) is 2.29. The van der Waals surface area contributed by atoms with Gasteiger partial charge in [0.05, 0.1) is 11.7 Å². The normalized spacial score (nSPS) is 29.7. The van der Waals surface area contributed by atoms with E-state index >= 15 is 0 Å². The summed E-state index contributed by atoms with van der Waals surface area (Å²) in [5, 5.41) is 3.59. The van der Waals surface area contributed by atoms with Crippen LogP contribution in [0.1, 0.15) is 47.0 Å². The minimum Gasteiger partial charge on any atom is -0.486 e. The van der Waals surface area contributed by atoms with Crippen molar-refractivity contribution in [1.29, 1.82) is 0 Å². The van der Waals surface area contributed by atoms with E-state index in [1.165, 1.54) is 25.0 Å². The Kier molecular flexibility index (Phi) is 3.65. The SMILES string of the molecule is CC(C)C1=C2OCC3CCCCN3C2=NC(C(C)C)N1. The molecule has 112 valence electrons. The molecule has 0 bridgehead atoms. The van der Waals surface area contributed by atoms with Gasteiger partial charge in [0.1, 0.15) is 12.8 Å². The van der Waals surface area contributed by atoms with Gasteiger partial charge in [0.15, 0.2) is 11.6 Å². The molecule has 0 saturated carbocycles. The van der Waals surface area contributed by atoms with Crippen molar-refractivity contribution in [1.82, 2.24) is 10.2 Å². The Morgan fingerprint density at radius 2 is 2.05 bits per heavy atom. The van der Waals surface area contributed by atoms with E-state index in [0.717, 1.165) is 24.7 Å². The summed E-state index contributed by atoms with van der Waals surface area (Å²) in [6.45, 7) is 10.8. The molecule has 0 spiro atoms. The largest absolute Gasteiger partial charge is 0.486 e. The van der Waals surface area contributed by atoms with Crippen molar-refractivity contribution in [3.05, 3.63) is 11.5 Å². The van der Waals surface area contributed by atoms with Gasteiger partial charge in [0.25, 0.3) is 0 Å². The molecule has 0 amide bonds. The Morgan fingerprint density at radius 1 is 1.25 bits per heavy atom. The van der Waals surface area contributed by atoms with Crippen molar-refractivity contribution < 1.29 is 4.74 Å². The number of piperidine rings is 1. The van der Waals surface area contributed by atoms with Gasteiger partial charge in [-0.1, -0.05) is 27.7 Å². The van der Waals surface area contributed by atoms with Gasteiger partial charge in [-0.15, -0.1) is 0 Å². The van der Waals surface area contributed by atoms with Crippen LogP contribution in [0, 0.1) is 11.8 Å². The second-order valence-electron chi connectivity index (χ2n) is 6.84. The zero-order valence-electron chi connectivity index (χ0n) is 13.1. The lowest BCUT2D eigenvalue weighted by Gasteiger charge is -2.45. The van der Waals surface area contributed by atoms with Crippen LogP contribution >= 0.6 is 0 Å². The van der Waals surface area contributed by atoms with Gasteiger partial charge in [-0.2, -0.15) is 0 Å². The number of hydrogen-bond donors (Lipinski definition) is 1. The summed E-state index contributed by atoms with van der Waals surface area (Å²) in [7, 11) is 0. The molecule has 3 heterocycles. The molecule has 3 aliphatic rings. The van der Waals surface area contributed by atoms with Gasteiger partial charge in [0, 0.05) is 6.54 Å². The first-order chi connectivity index (χ1) is 9.58. The Bertz CT molecular complexity index is 439. The van der Waals surface area contributed by atoms with Crippen LogP contribution in [-0.4, -0.2) is 36.1 Å². The van der Waals surface area contributed by atoms with Crippen LogP contribution in [0.3, 0.4) is 0 Å². The topological polar surface area (TPSA) is 36.9 Å². The molecule has 0 aromatic rings. The summed E-state index contributed by atoms with van der Waals surface area (Å²) in [5.74, 6) is 3.05. The Hall–Kier alpha value is -1.19. The summed E-state index contributed by atoms with van der Waals surface area (Å²) >= 11 is 0. The van der Waals surface area contributed by atoms with Crippen LogP contribution < -0.4 is 5.32 Å². The molecule has 0 radical (unpaired) electrons. The Labute approximate surface area is 122 Å². The summed E-state index contributed by atoms with van der Waals surface area (Å²) in [4.78, 5) is 7.47. The first kappa shape index (κ1) is 13.8. The fourth-order valence-corrected chi connectivity index (χ4v) is 3.29. The number of nitrogens with zero attached hydrogens (tertiary/aromatic N) is 2. The van der Waals surface area contributed by atoms with Crippen molar-refractivity contribution in [2.24, 2.45) is 16.8 Å². The van der Waals surface area contributed by atoms with Crippen molar-refractivity contribution in [2.75, 3.05) is 13.2 Å². The summed E-state index contributed by atoms with van der Waals surface area (Å²) in [6, 6.07) is 0.533. The molecule has 2 saturated heterocycles. The van der Waals surface area contributed by atoms with E-state index in [9.17, 15) is 0 Å². The van der Waals surface area contributed by atoms with Crippen molar-refractivity contribution >= 4 is 5.84 Å². The maximum Gasteiger partial charge on any atom is 0.180 e. The lowest BCUT2D eigenvalue weighted by atomic mass is 9.97. The molecule has 20 heavy (non-hydrogen) atoms. The molecule has 1 N–H and O–H groups in total. The van der Waals surface area contributed by atoms with Crippen LogP contribution in [0.2, 0.25) is 0 Å². The highest BCUT2D eigenvalue weighted by atomic mass is 16.5. The second-order valence-corrected chi connectivity index (χ2v) is 6.84. The number of amidine groups is 1. The quantitative estimate of drug-likeness (QED) is 0.843. The molecule has 2 unspecified atom stereocenters. The summed E-state index contributed by atoms with van der Waals surface area (Å²) in [5.41, 5.74) is 1.23. The van der Waals surface area contributed by atoms with Crippen LogP contribution in [0.4, 0.5) is 0 Å². The van der Waals surface area contributed by atoms with Crippen LogP contribution in [-0.2, 0) is 4.74 Å². The highest BCUT2D eigenvalue weighted by Gasteiger charge is 2.38. The number of rotatable bonds is 2. The minimum absolute atomic E-state index is 0.176. The van der Waals surface area contributed by atoms with Crippen molar-refractivity contribution in [3.63, 3.8) is 0 Å². The summed E-state index contributed by atoms with van der Waals surface area (Å²) in [6.07, 6.45) is 4.01. The molecule has 3 rings (SSSR count). The van der Waals surface area contributed by atoms with Gasteiger partial charge in [-0.25, -0.2) is 4.99 Å². The number of nitrogens with one attached hydrogen (secondary N) is 1. The van der Waals surface area contributed by atoms with Crippen LogP contribution in [0.25, 0.3) is 0 Å². The average Bonchev–Trinajstić information content (AvgIpc) is 2.45. The molecular weight excluding hydrogens is 250 g/mol. The number of ether oxygens (including phenoxy) is 1. The van der Waals surface area contributed by atoms with E-state index in [1.54, 1.807) is 0 Å². The van der Waals surface area contributed by atoms with Gasteiger partial charge in [-0.05, 0) is 31.1 Å². The van der Waals surface area contributed by atoms with E-state index < -0.39 is 0 Å². The fraction of sp³-hybridized carbons (Fsp3) is 0.812. The predicted octanol–water partition coefficient (Wildman–Crippen LogP) is 2.72. The summed E-state index contributed by atoms with van der Waals surface area (Å²) < 4.78 is 6.10. The monoisotopic (exact) mass is 277 g/mol. The second kappa shape index (κ2) is 5.30. The average molecular weight is 277 g/mol. The van der Waals surface area contributed by atoms with Crippen molar-refractivity contribution in [2.45, 2.75) is 59.2 Å². The molecule has 2 atom stereocenters. The molecule has 3 aliphatic heterocycles. The Balaban J connectivity index is 1.97. The lowest BCUT2D eigenvalue weighted by Crippen LogP contribution is -2.54. The number of allylic oxidation sites excluding steroid dienone is 1. The first-order valence-electron chi connectivity index (χ1n) is 8.06. The highest BCUT2D eigenvalue weighted by Crippen LogP contribution is 2.31. The fourth-order valence-electron chi connectivity index (χ4n) is 3.29. The maximum absolute atomic E-state index is 6.10. The molecule has 0 aromatic heterocycles. The number of morpholine rings is 1. The number of aliphatic imine (C=N–C) groups is 1. The standard InChI is InChI=1S/C16H27N3O/c1-10(2)13-14-16(18-15(17-13)11(3)4)19-8-6-5-7-12(19)9-20-14/h10-12,15,17H,5-9H2,1-4H3. The molecule has 4 nitrogen and oxygen atoms in total. The zero-order valence-corrected chi connectivity index (χ0v) is 13.1. The van der Waals surface area contributed by atoms with E-state index in [2.05, 4.69) is 37.9 Å². The minimum atomic E-state index is 0.176. The predicted molar refractivity (Wildman–Crippen MR) is 81.4 cm³/mol. The van der Waals surface area contributed by atoms with Crippen LogP contribution in [0.15, 0.2) is 16.4 Å². The molecule has 2 fully saturated rings. The smallest absolute Gasteiger partial charge is 0.180 e. The van der Waals surface area contributed by atoms with E-state index in [0.29, 0.717) is 17.9 Å². The van der Waals surface area contributed by atoms with E-state index in [4.69, 9.17) is 9.73 Å². The lowest BCUT2D eigenvalue weighted by molar-refractivity contribution is 0.0825. The highest BCUT2D eigenvalue weighted by molar-refractivity contribution is 5.98. The zero-order chi connectivity index (χ0) is 14.3. The Morgan fingerprint density at radius 3 is 2.75 bits per heavy atom. The third-order valence-electron chi connectivity index (χ3n) is 4.54. The van der Waals surface area contributed by atoms with Gasteiger partial charge >= 0.3 is 0 Å². The number of fused-ring (bicyclic) bond motifs is 3. The third-order valence-corrected chi connectivity index (χ3v) is 4.54. The van der Waals surface area contributed by atoms with E-state index in [1.807, 2.05) is 0 Å². The van der Waals surface area contributed by atoms with Gasteiger partial charge in [0.2, 0.25) is 0 Å². The van der Waals surface area contributed by atoms with Crippen LogP contribution in [0.5, 0.6) is 0 Å². The van der Waals surface area contributed by atoms with Crippen molar-refractivity contribution in [3.8, 4) is 0 Å².